The summed E-state index contributed by atoms with van der Waals surface area (Å²) in [5, 5.41) is 14.4. The van der Waals surface area contributed by atoms with Crippen molar-refractivity contribution in [3.05, 3.63) is 29.3 Å². The van der Waals surface area contributed by atoms with Crippen molar-refractivity contribution in [3.63, 3.8) is 0 Å². The monoisotopic (exact) mass is 262 g/mol. The fourth-order valence-electron chi connectivity index (χ4n) is 1.55. The zero-order chi connectivity index (χ0) is 13.6. The van der Waals surface area contributed by atoms with Crippen molar-refractivity contribution < 1.29 is 18.3 Å². The molecule has 0 aliphatic rings. The first-order valence-corrected chi connectivity index (χ1v) is 5.68. The average Bonchev–Trinajstić information content (AvgIpc) is 2.27. The van der Waals surface area contributed by atoms with Gasteiger partial charge < -0.3 is 15.7 Å². The molecular formula is C12H17F3N2O. The van der Waals surface area contributed by atoms with Crippen LogP contribution in [0.3, 0.4) is 0 Å². The maximum atomic E-state index is 12.6. The molecule has 3 N–H and O–H groups in total. The van der Waals surface area contributed by atoms with E-state index in [2.05, 4.69) is 10.6 Å². The molecule has 0 bridgehead atoms. The minimum Gasteiger partial charge on any atom is -0.395 e. The quantitative estimate of drug-likeness (QED) is 0.687. The molecule has 0 unspecified atom stereocenters. The number of rotatable bonds is 6. The number of halogens is 3. The van der Waals surface area contributed by atoms with E-state index in [0.29, 0.717) is 30.9 Å². The lowest BCUT2D eigenvalue weighted by atomic mass is 10.1. The molecule has 3 nitrogen and oxygen atoms in total. The van der Waals surface area contributed by atoms with Gasteiger partial charge in [0, 0.05) is 25.3 Å². The van der Waals surface area contributed by atoms with Gasteiger partial charge >= 0.3 is 6.18 Å². The predicted molar refractivity (Wildman–Crippen MR) is 64.6 cm³/mol. The van der Waals surface area contributed by atoms with Crippen LogP contribution < -0.4 is 10.6 Å². The normalized spacial score (nSPS) is 11.6. The maximum absolute atomic E-state index is 12.6. The molecule has 0 fully saturated rings. The van der Waals surface area contributed by atoms with E-state index in [1.54, 1.807) is 13.0 Å². The van der Waals surface area contributed by atoms with E-state index >= 15 is 0 Å². The number of anilines is 1. The van der Waals surface area contributed by atoms with Crippen molar-refractivity contribution in [2.75, 3.05) is 31.6 Å². The third-order valence-electron chi connectivity index (χ3n) is 2.32. The number of aryl methyl sites for hydroxylation is 1. The molecule has 0 aliphatic heterocycles. The molecule has 0 aromatic heterocycles. The third kappa shape index (κ3) is 4.93. The van der Waals surface area contributed by atoms with E-state index in [4.69, 9.17) is 5.11 Å². The fraction of sp³-hybridized carbons (Fsp3) is 0.500. The number of alkyl halides is 3. The minimum atomic E-state index is -4.32. The summed E-state index contributed by atoms with van der Waals surface area (Å²) in [6.45, 7) is 3.23. The second-order valence-electron chi connectivity index (χ2n) is 3.99. The van der Waals surface area contributed by atoms with Crippen LogP contribution in [-0.4, -0.2) is 31.3 Å². The van der Waals surface area contributed by atoms with Gasteiger partial charge in [-0.3, -0.25) is 0 Å². The molecule has 0 aliphatic carbocycles. The molecule has 0 saturated carbocycles. The van der Waals surface area contributed by atoms with Crippen LogP contribution >= 0.6 is 0 Å². The summed E-state index contributed by atoms with van der Waals surface area (Å²) in [7, 11) is 0. The van der Waals surface area contributed by atoms with Gasteiger partial charge in [-0.2, -0.15) is 13.2 Å². The van der Waals surface area contributed by atoms with Gasteiger partial charge in [0.05, 0.1) is 12.2 Å². The largest absolute Gasteiger partial charge is 0.416 e. The fourth-order valence-corrected chi connectivity index (χ4v) is 1.55. The molecular weight excluding hydrogens is 245 g/mol. The number of nitrogens with one attached hydrogen (secondary N) is 2. The van der Waals surface area contributed by atoms with E-state index in [1.165, 1.54) is 0 Å². The smallest absolute Gasteiger partial charge is 0.395 e. The van der Waals surface area contributed by atoms with Crippen LogP contribution in [0.1, 0.15) is 11.1 Å². The topological polar surface area (TPSA) is 44.3 Å². The Kier molecular flexibility index (Phi) is 5.43. The second kappa shape index (κ2) is 6.61. The minimum absolute atomic E-state index is 0.0443. The summed E-state index contributed by atoms with van der Waals surface area (Å²) in [6, 6.07) is 3.88. The molecule has 1 aromatic carbocycles. The lowest BCUT2D eigenvalue weighted by Gasteiger charge is -2.12. The highest BCUT2D eigenvalue weighted by Gasteiger charge is 2.30. The zero-order valence-corrected chi connectivity index (χ0v) is 10.1. The lowest BCUT2D eigenvalue weighted by molar-refractivity contribution is -0.137. The van der Waals surface area contributed by atoms with Crippen molar-refractivity contribution in [2.45, 2.75) is 13.1 Å². The van der Waals surface area contributed by atoms with Crippen LogP contribution in [0.2, 0.25) is 0 Å². The second-order valence-corrected chi connectivity index (χ2v) is 3.99. The van der Waals surface area contributed by atoms with Gasteiger partial charge in [-0.25, -0.2) is 0 Å². The van der Waals surface area contributed by atoms with Crippen molar-refractivity contribution >= 4 is 5.69 Å². The highest BCUT2D eigenvalue weighted by molar-refractivity contribution is 5.49. The summed E-state index contributed by atoms with van der Waals surface area (Å²) in [5.41, 5.74) is 0.372. The maximum Gasteiger partial charge on any atom is 0.416 e. The SMILES string of the molecule is Cc1cc(NCCNCCO)cc(C(F)(F)F)c1. The number of aliphatic hydroxyl groups excluding tert-OH is 1. The number of hydrogen-bond acceptors (Lipinski definition) is 3. The Morgan fingerprint density at radius 2 is 1.83 bits per heavy atom. The number of hydrogen-bond donors (Lipinski definition) is 3. The van der Waals surface area contributed by atoms with E-state index in [9.17, 15) is 13.2 Å². The highest BCUT2D eigenvalue weighted by atomic mass is 19.4. The average molecular weight is 262 g/mol. The Hall–Kier alpha value is -1.27. The standard InChI is InChI=1S/C12H17F3N2O/c1-9-6-10(12(13,14)15)8-11(7-9)17-3-2-16-4-5-18/h6-8,16-18H,2-5H2,1H3. The first kappa shape index (κ1) is 14.8. The summed E-state index contributed by atoms with van der Waals surface area (Å²) >= 11 is 0. The van der Waals surface area contributed by atoms with Gasteiger partial charge in [0.25, 0.3) is 0 Å². The van der Waals surface area contributed by atoms with E-state index in [0.717, 1.165) is 12.1 Å². The van der Waals surface area contributed by atoms with Crippen molar-refractivity contribution in [1.29, 1.82) is 0 Å². The molecule has 0 saturated heterocycles. The van der Waals surface area contributed by atoms with Gasteiger partial charge in [-0.15, -0.1) is 0 Å². The Labute approximate surface area is 104 Å². The lowest BCUT2D eigenvalue weighted by Crippen LogP contribution is -2.25. The van der Waals surface area contributed by atoms with Crippen LogP contribution in [0.25, 0.3) is 0 Å². The molecule has 1 aromatic rings. The third-order valence-corrected chi connectivity index (χ3v) is 2.32. The summed E-state index contributed by atoms with van der Waals surface area (Å²) < 4.78 is 37.7. The molecule has 0 spiro atoms. The van der Waals surface area contributed by atoms with Gasteiger partial charge in [-0.1, -0.05) is 0 Å². The van der Waals surface area contributed by atoms with Crippen molar-refractivity contribution in [2.24, 2.45) is 0 Å². The summed E-state index contributed by atoms with van der Waals surface area (Å²) in [5.74, 6) is 0. The first-order valence-electron chi connectivity index (χ1n) is 5.68. The van der Waals surface area contributed by atoms with E-state index < -0.39 is 11.7 Å². The van der Waals surface area contributed by atoms with Crippen molar-refractivity contribution in [3.8, 4) is 0 Å². The van der Waals surface area contributed by atoms with E-state index in [1.807, 2.05) is 0 Å². The van der Waals surface area contributed by atoms with Gasteiger partial charge in [-0.05, 0) is 30.7 Å². The first-order chi connectivity index (χ1) is 8.43. The zero-order valence-electron chi connectivity index (χ0n) is 10.1. The molecule has 0 radical (unpaired) electrons. The molecule has 0 heterocycles. The molecule has 0 amide bonds. The molecule has 0 atom stereocenters. The Morgan fingerprint density at radius 3 is 2.44 bits per heavy atom. The van der Waals surface area contributed by atoms with Crippen molar-refractivity contribution in [1.82, 2.24) is 5.32 Å². The predicted octanol–water partition coefficient (Wildman–Crippen LogP) is 2.01. The summed E-state index contributed by atoms with van der Waals surface area (Å²) in [4.78, 5) is 0. The van der Waals surface area contributed by atoms with Crippen LogP contribution in [-0.2, 0) is 6.18 Å². The molecule has 102 valence electrons. The van der Waals surface area contributed by atoms with Crippen LogP contribution in [0, 0.1) is 6.92 Å². The molecule has 18 heavy (non-hydrogen) atoms. The number of benzene rings is 1. The Bertz CT molecular complexity index is 380. The summed E-state index contributed by atoms with van der Waals surface area (Å²) in [6.07, 6.45) is -4.32. The molecule has 6 heteroatoms. The van der Waals surface area contributed by atoms with Crippen LogP contribution in [0.4, 0.5) is 18.9 Å². The van der Waals surface area contributed by atoms with Crippen LogP contribution in [0.5, 0.6) is 0 Å². The Morgan fingerprint density at radius 1 is 1.11 bits per heavy atom. The highest BCUT2D eigenvalue weighted by Crippen LogP contribution is 2.31. The van der Waals surface area contributed by atoms with Crippen LogP contribution in [0.15, 0.2) is 18.2 Å². The van der Waals surface area contributed by atoms with Gasteiger partial charge in [0.1, 0.15) is 0 Å². The molecule has 1 rings (SSSR count). The van der Waals surface area contributed by atoms with Gasteiger partial charge in [0.15, 0.2) is 0 Å². The van der Waals surface area contributed by atoms with Gasteiger partial charge in [0.2, 0.25) is 0 Å². The van der Waals surface area contributed by atoms with E-state index in [-0.39, 0.29) is 6.61 Å². The Balaban J connectivity index is 2.58. The number of aliphatic hydroxyl groups is 1.